The minimum absolute atomic E-state index is 0.0618. The van der Waals surface area contributed by atoms with E-state index in [9.17, 15) is 12.8 Å². The highest BCUT2D eigenvalue weighted by Gasteiger charge is 2.19. The number of sulfonamides is 1. The number of pyridine rings is 1. The molecule has 0 bridgehead atoms. The Labute approximate surface area is 92.2 Å². The van der Waals surface area contributed by atoms with E-state index in [1.807, 2.05) is 0 Å². The van der Waals surface area contributed by atoms with Crippen LogP contribution in [0, 0.1) is 11.2 Å². The Balaban J connectivity index is 2.79. The van der Waals surface area contributed by atoms with E-state index < -0.39 is 20.9 Å². The minimum Gasteiger partial charge on any atom is -0.388 e. The van der Waals surface area contributed by atoms with Crippen LogP contribution in [-0.4, -0.2) is 25.8 Å². The lowest BCUT2D eigenvalue weighted by molar-refractivity contribution is 0.545. The van der Waals surface area contributed by atoms with Crippen LogP contribution in [0.25, 0.3) is 0 Å². The Bertz CT molecular complexity index is 489. The van der Waals surface area contributed by atoms with Crippen molar-refractivity contribution in [1.29, 1.82) is 5.41 Å². The predicted octanol–water partition coefficient (Wildman–Crippen LogP) is -0.175. The Morgan fingerprint density at radius 3 is 2.88 bits per heavy atom. The van der Waals surface area contributed by atoms with Gasteiger partial charge in [0, 0.05) is 19.2 Å². The van der Waals surface area contributed by atoms with Crippen molar-refractivity contribution in [3.8, 4) is 0 Å². The number of aromatic nitrogens is 1. The number of nitrogens with one attached hydrogen (secondary N) is 2. The van der Waals surface area contributed by atoms with E-state index in [1.54, 1.807) is 0 Å². The number of amidine groups is 1. The van der Waals surface area contributed by atoms with E-state index in [-0.39, 0.29) is 18.8 Å². The second-order valence-electron chi connectivity index (χ2n) is 2.96. The van der Waals surface area contributed by atoms with Crippen LogP contribution in [0.15, 0.2) is 23.4 Å². The molecule has 0 saturated carbocycles. The fourth-order valence-electron chi connectivity index (χ4n) is 0.957. The van der Waals surface area contributed by atoms with Crippen molar-refractivity contribution in [2.24, 2.45) is 5.73 Å². The van der Waals surface area contributed by atoms with Crippen LogP contribution in [0.2, 0.25) is 0 Å². The maximum atomic E-state index is 13.1. The SMILES string of the molecule is N=C(N)CCNS(=O)(=O)c1ncccc1F. The van der Waals surface area contributed by atoms with E-state index >= 15 is 0 Å². The number of halogens is 1. The van der Waals surface area contributed by atoms with Crippen LogP contribution >= 0.6 is 0 Å². The molecule has 0 aliphatic heterocycles. The maximum absolute atomic E-state index is 13.1. The largest absolute Gasteiger partial charge is 0.388 e. The molecule has 1 aromatic heterocycles. The zero-order valence-electron chi connectivity index (χ0n) is 8.27. The van der Waals surface area contributed by atoms with Gasteiger partial charge in [-0.15, -0.1) is 0 Å². The highest BCUT2D eigenvalue weighted by Crippen LogP contribution is 2.09. The molecule has 88 valence electrons. The molecule has 4 N–H and O–H groups in total. The van der Waals surface area contributed by atoms with Gasteiger partial charge < -0.3 is 5.73 Å². The predicted molar refractivity (Wildman–Crippen MR) is 55.9 cm³/mol. The molecule has 0 aliphatic carbocycles. The fraction of sp³-hybridized carbons (Fsp3) is 0.250. The zero-order valence-corrected chi connectivity index (χ0v) is 9.09. The summed E-state index contributed by atoms with van der Waals surface area (Å²) in [6.07, 6.45) is 1.25. The van der Waals surface area contributed by atoms with Crippen molar-refractivity contribution in [2.75, 3.05) is 6.54 Å². The molecule has 0 atom stereocenters. The van der Waals surface area contributed by atoms with E-state index in [0.717, 1.165) is 6.07 Å². The molecule has 6 nitrogen and oxygen atoms in total. The van der Waals surface area contributed by atoms with Crippen molar-refractivity contribution in [1.82, 2.24) is 9.71 Å². The topological polar surface area (TPSA) is 109 Å². The van der Waals surface area contributed by atoms with Crippen LogP contribution in [0.5, 0.6) is 0 Å². The third-order valence-corrected chi connectivity index (χ3v) is 3.06. The molecule has 0 fully saturated rings. The number of hydrogen-bond donors (Lipinski definition) is 3. The molecule has 1 aromatic rings. The number of nitrogens with zero attached hydrogens (tertiary/aromatic N) is 1. The zero-order chi connectivity index (χ0) is 12.2. The van der Waals surface area contributed by atoms with Gasteiger partial charge in [-0.2, -0.15) is 0 Å². The fourth-order valence-corrected chi connectivity index (χ4v) is 1.99. The molecular weight excluding hydrogens is 235 g/mol. The average molecular weight is 246 g/mol. The first-order valence-corrected chi connectivity index (χ1v) is 5.85. The highest BCUT2D eigenvalue weighted by molar-refractivity contribution is 7.89. The second-order valence-corrected chi connectivity index (χ2v) is 4.65. The van der Waals surface area contributed by atoms with Crippen LogP contribution in [0.1, 0.15) is 6.42 Å². The lowest BCUT2D eigenvalue weighted by atomic mass is 10.4. The Morgan fingerprint density at radius 1 is 1.62 bits per heavy atom. The van der Waals surface area contributed by atoms with Crippen LogP contribution in [0.3, 0.4) is 0 Å². The van der Waals surface area contributed by atoms with E-state index in [1.165, 1.54) is 12.3 Å². The third-order valence-electron chi connectivity index (χ3n) is 1.67. The summed E-state index contributed by atoms with van der Waals surface area (Å²) in [7, 11) is -3.97. The summed E-state index contributed by atoms with van der Waals surface area (Å²) < 4.78 is 38.2. The summed E-state index contributed by atoms with van der Waals surface area (Å²) in [5, 5.41) is 6.25. The molecule has 0 aromatic carbocycles. The third kappa shape index (κ3) is 3.24. The number of nitrogens with two attached hydrogens (primary N) is 1. The monoisotopic (exact) mass is 246 g/mol. The lowest BCUT2D eigenvalue weighted by Crippen LogP contribution is -2.29. The second kappa shape index (κ2) is 4.99. The summed E-state index contributed by atoms with van der Waals surface area (Å²) in [5.41, 5.74) is 5.05. The highest BCUT2D eigenvalue weighted by atomic mass is 32.2. The average Bonchev–Trinajstić information content (AvgIpc) is 2.17. The molecule has 0 aliphatic rings. The van der Waals surface area contributed by atoms with E-state index in [4.69, 9.17) is 11.1 Å². The van der Waals surface area contributed by atoms with Crippen LogP contribution in [0.4, 0.5) is 4.39 Å². The molecule has 0 amide bonds. The lowest BCUT2D eigenvalue weighted by Gasteiger charge is -2.05. The summed E-state index contributed by atoms with van der Waals surface area (Å²) in [4.78, 5) is 3.44. The van der Waals surface area contributed by atoms with Crippen LogP contribution in [-0.2, 0) is 10.0 Å². The number of rotatable bonds is 5. The Kier molecular flexibility index (Phi) is 3.91. The molecule has 0 unspecified atom stereocenters. The van der Waals surface area contributed by atoms with Gasteiger partial charge in [-0.3, -0.25) is 5.41 Å². The summed E-state index contributed by atoms with van der Waals surface area (Å²) in [5.74, 6) is -1.07. The van der Waals surface area contributed by atoms with Gasteiger partial charge in [-0.1, -0.05) is 0 Å². The molecule has 1 heterocycles. The Morgan fingerprint density at radius 2 is 2.31 bits per heavy atom. The van der Waals surface area contributed by atoms with E-state index in [2.05, 4.69) is 9.71 Å². The van der Waals surface area contributed by atoms with Gasteiger partial charge in [-0.25, -0.2) is 22.5 Å². The molecule has 0 radical (unpaired) electrons. The first-order chi connectivity index (χ1) is 7.43. The molecule has 0 saturated heterocycles. The quantitative estimate of drug-likeness (QED) is 0.494. The first kappa shape index (κ1) is 12.5. The summed E-state index contributed by atoms with van der Waals surface area (Å²) in [6.45, 7) is -0.0618. The molecule has 0 spiro atoms. The van der Waals surface area contributed by atoms with Crippen LogP contribution < -0.4 is 10.5 Å². The standard InChI is InChI=1S/C8H11FN4O2S/c9-6-2-1-4-12-8(6)16(14,15)13-5-3-7(10)11/h1-2,4,13H,3,5H2,(H3,10,11). The van der Waals surface area contributed by atoms with Crippen molar-refractivity contribution in [2.45, 2.75) is 11.4 Å². The Hall–Kier alpha value is -1.54. The maximum Gasteiger partial charge on any atom is 0.261 e. The van der Waals surface area contributed by atoms with Gasteiger partial charge in [0.15, 0.2) is 5.82 Å². The normalized spacial score (nSPS) is 11.3. The van der Waals surface area contributed by atoms with Crippen molar-refractivity contribution >= 4 is 15.9 Å². The van der Waals surface area contributed by atoms with Crippen molar-refractivity contribution in [3.63, 3.8) is 0 Å². The van der Waals surface area contributed by atoms with Gasteiger partial charge >= 0.3 is 0 Å². The molecule has 8 heteroatoms. The van der Waals surface area contributed by atoms with Gasteiger partial charge in [0.05, 0.1) is 5.84 Å². The molecule has 16 heavy (non-hydrogen) atoms. The van der Waals surface area contributed by atoms with Gasteiger partial charge in [0.25, 0.3) is 10.0 Å². The summed E-state index contributed by atoms with van der Waals surface area (Å²) in [6, 6.07) is 2.30. The van der Waals surface area contributed by atoms with E-state index in [0.29, 0.717) is 0 Å². The molecule has 1 rings (SSSR count). The number of hydrogen-bond acceptors (Lipinski definition) is 4. The van der Waals surface area contributed by atoms with Gasteiger partial charge in [-0.05, 0) is 12.1 Å². The molecular formula is C8H11FN4O2S. The van der Waals surface area contributed by atoms with Gasteiger partial charge in [0.1, 0.15) is 0 Å². The minimum atomic E-state index is -3.97. The summed E-state index contributed by atoms with van der Waals surface area (Å²) >= 11 is 0. The van der Waals surface area contributed by atoms with Crippen molar-refractivity contribution in [3.05, 3.63) is 24.1 Å². The first-order valence-electron chi connectivity index (χ1n) is 4.36. The smallest absolute Gasteiger partial charge is 0.261 e. The van der Waals surface area contributed by atoms with Crippen molar-refractivity contribution < 1.29 is 12.8 Å². The van der Waals surface area contributed by atoms with Gasteiger partial charge in [0.2, 0.25) is 5.03 Å².